The van der Waals surface area contributed by atoms with Crippen molar-refractivity contribution >= 4 is 6.09 Å². The minimum atomic E-state index is -0.415. The highest BCUT2D eigenvalue weighted by molar-refractivity contribution is 5.68. The topological polar surface area (TPSA) is 41.6 Å². The molecule has 23 heavy (non-hydrogen) atoms. The number of nitrogens with zero attached hydrogens (tertiary/aromatic N) is 1. The molecule has 2 bridgehead atoms. The van der Waals surface area contributed by atoms with Gasteiger partial charge < -0.3 is 15.0 Å². The third kappa shape index (κ3) is 4.50. The number of ether oxygens (including phenoxy) is 1. The van der Waals surface area contributed by atoms with Gasteiger partial charge in [-0.15, -0.1) is 0 Å². The summed E-state index contributed by atoms with van der Waals surface area (Å²) in [6.45, 7) is 8.50. The maximum absolute atomic E-state index is 12.3. The van der Waals surface area contributed by atoms with Crippen LogP contribution in [0.15, 0.2) is 12.2 Å². The van der Waals surface area contributed by atoms with Crippen molar-refractivity contribution in [2.75, 3.05) is 19.6 Å². The van der Waals surface area contributed by atoms with Crippen LogP contribution in [0, 0.1) is 17.8 Å². The van der Waals surface area contributed by atoms with E-state index in [0.717, 1.165) is 50.2 Å². The van der Waals surface area contributed by atoms with Gasteiger partial charge in [-0.05, 0) is 70.8 Å². The first-order valence-corrected chi connectivity index (χ1v) is 9.30. The lowest BCUT2D eigenvalue weighted by atomic mass is 9.93. The Morgan fingerprint density at radius 3 is 2.74 bits per heavy atom. The van der Waals surface area contributed by atoms with Crippen LogP contribution in [-0.2, 0) is 4.74 Å². The van der Waals surface area contributed by atoms with E-state index in [2.05, 4.69) is 17.5 Å². The summed E-state index contributed by atoms with van der Waals surface area (Å²) in [5.41, 5.74) is -0.415. The fraction of sp³-hybridized carbons (Fsp3) is 0.842. The molecule has 0 spiro atoms. The Hall–Kier alpha value is -1.03. The number of carbonyl (C=O) groups is 1. The largest absolute Gasteiger partial charge is 0.444 e. The average Bonchev–Trinajstić information content (AvgIpc) is 2.99. The van der Waals surface area contributed by atoms with E-state index in [1.807, 2.05) is 25.7 Å². The lowest BCUT2D eigenvalue weighted by Crippen LogP contribution is -2.45. The third-order valence-electron chi connectivity index (χ3n) is 5.41. The Bertz CT molecular complexity index is 455. The average molecular weight is 320 g/mol. The van der Waals surface area contributed by atoms with E-state index in [-0.39, 0.29) is 6.09 Å². The number of likely N-dealkylation sites (tertiary alicyclic amines) is 1. The van der Waals surface area contributed by atoms with Crippen molar-refractivity contribution in [2.45, 2.75) is 64.5 Å². The third-order valence-corrected chi connectivity index (χ3v) is 5.41. The second-order valence-corrected chi connectivity index (χ2v) is 8.57. The summed E-state index contributed by atoms with van der Waals surface area (Å²) in [6.07, 6.45) is 10.8. The minimum absolute atomic E-state index is 0.158. The van der Waals surface area contributed by atoms with E-state index >= 15 is 0 Å². The quantitative estimate of drug-likeness (QED) is 0.808. The fourth-order valence-corrected chi connectivity index (χ4v) is 4.25. The normalized spacial score (nSPS) is 33.8. The van der Waals surface area contributed by atoms with Crippen molar-refractivity contribution < 1.29 is 9.53 Å². The van der Waals surface area contributed by atoms with Gasteiger partial charge in [0.1, 0.15) is 5.60 Å². The molecular formula is C19H32N2O2. The van der Waals surface area contributed by atoms with Gasteiger partial charge in [-0.25, -0.2) is 4.79 Å². The first kappa shape index (κ1) is 16.8. The lowest BCUT2D eigenvalue weighted by molar-refractivity contribution is 0.0243. The van der Waals surface area contributed by atoms with Crippen LogP contribution in [0.2, 0.25) is 0 Å². The van der Waals surface area contributed by atoms with Crippen molar-refractivity contribution in [1.29, 1.82) is 0 Å². The monoisotopic (exact) mass is 320 g/mol. The van der Waals surface area contributed by atoms with Gasteiger partial charge in [-0.1, -0.05) is 18.6 Å². The number of carbonyl (C=O) groups excluding carboxylic acids is 1. The molecule has 1 amide bonds. The molecule has 0 aromatic heterocycles. The van der Waals surface area contributed by atoms with Gasteiger partial charge in [0.25, 0.3) is 0 Å². The highest BCUT2D eigenvalue weighted by atomic mass is 16.6. The number of fused-ring (bicyclic) bond motifs is 2. The van der Waals surface area contributed by atoms with Gasteiger partial charge in [0.05, 0.1) is 0 Å². The molecule has 1 saturated heterocycles. The summed E-state index contributed by atoms with van der Waals surface area (Å²) < 4.78 is 5.55. The molecule has 4 nitrogen and oxygen atoms in total. The Labute approximate surface area is 140 Å². The Morgan fingerprint density at radius 2 is 2.09 bits per heavy atom. The second kappa shape index (κ2) is 6.84. The molecule has 0 radical (unpaired) electrons. The molecule has 3 rings (SSSR count). The molecule has 4 atom stereocenters. The van der Waals surface area contributed by atoms with Gasteiger partial charge in [0, 0.05) is 19.1 Å². The standard InChI is InChI=1S/C19H32N2O2/c1-19(2,3)23-18(22)21-9-5-4-6-17(13-21)20-12-16-11-14-7-8-15(16)10-14/h7-8,14-17,20H,4-6,9-13H2,1-3H3. The molecule has 1 N–H and O–H groups in total. The van der Waals surface area contributed by atoms with E-state index in [4.69, 9.17) is 4.74 Å². The minimum Gasteiger partial charge on any atom is -0.444 e. The van der Waals surface area contributed by atoms with Crippen LogP contribution in [-0.4, -0.2) is 42.3 Å². The highest BCUT2D eigenvalue weighted by Crippen LogP contribution is 2.43. The summed E-state index contributed by atoms with van der Waals surface area (Å²) in [5, 5.41) is 3.75. The first-order chi connectivity index (χ1) is 10.9. The molecule has 1 heterocycles. The van der Waals surface area contributed by atoms with Crippen LogP contribution in [0.4, 0.5) is 4.79 Å². The maximum Gasteiger partial charge on any atom is 0.410 e. The molecule has 2 fully saturated rings. The van der Waals surface area contributed by atoms with Crippen LogP contribution in [0.25, 0.3) is 0 Å². The van der Waals surface area contributed by atoms with E-state index in [1.54, 1.807) is 0 Å². The molecule has 2 aliphatic carbocycles. The molecular weight excluding hydrogens is 288 g/mol. The molecule has 4 heteroatoms. The lowest BCUT2D eigenvalue weighted by Gasteiger charge is -2.29. The van der Waals surface area contributed by atoms with E-state index in [0.29, 0.717) is 6.04 Å². The molecule has 0 aromatic carbocycles. The van der Waals surface area contributed by atoms with Crippen LogP contribution in [0.3, 0.4) is 0 Å². The van der Waals surface area contributed by atoms with Crippen LogP contribution in [0.5, 0.6) is 0 Å². The number of rotatable bonds is 3. The van der Waals surface area contributed by atoms with E-state index in [1.165, 1.54) is 19.3 Å². The molecule has 3 aliphatic rings. The van der Waals surface area contributed by atoms with E-state index in [9.17, 15) is 4.79 Å². The summed E-state index contributed by atoms with van der Waals surface area (Å²) >= 11 is 0. The number of hydrogen-bond donors (Lipinski definition) is 1. The van der Waals surface area contributed by atoms with Crippen molar-refractivity contribution in [1.82, 2.24) is 10.2 Å². The zero-order valence-corrected chi connectivity index (χ0v) is 14.9. The molecule has 130 valence electrons. The van der Waals surface area contributed by atoms with Crippen LogP contribution < -0.4 is 5.32 Å². The molecule has 4 unspecified atom stereocenters. The summed E-state index contributed by atoms with van der Waals surface area (Å²) in [6, 6.07) is 0.410. The van der Waals surface area contributed by atoms with Gasteiger partial charge in [0.15, 0.2) is 0 Å². The number of nitrogens with one attached hydrogen (secondary N) is 1. The first-order valence-electron chi connectivity index (χ1n) is 9.30. The zero-order chi connectivity index (χ0) is 16.4. The predicted molar refractivity (Wildman–Crippen MR) is 92.3 cm³/mol. The van der Waals surface area contributed by atoms with Crippen molar-refractivity contribution in [3.63, 3.8) is 0 Å². The Balaban J connectivity index is 1.49. The SMILES string of the molecule is CC(C)(C)OC(=O)N1CCCCC(NCC2CC3C=CC2C3)C1. The molecule has 1 saturated carbocycles. The number of amides is 1. The Morgan fingerprint density at radius 1 is 1.26 bits per heavy atom. The van der Waals surface area contributed by atoms with Crippen molar-refractivity contribution in [3.05, 3.63) is 12.2 Å². The Kier molecular flexibility index (Phi) is 5.00. The molecule has 1 aliphatic heterocycles. The second-order valence-electron chi connectivity index (χ2n) is 8.57. The summed E-state index contributed by atoms with van der Waals surface area (Å²) in [7, 11) is 0. The zero-order valence-electron chi connectivity index (χ0n) is 14.9. The summed E-state index contributed by atoms with van der Waals surface area (Å²) in [4.78, 5) is 14.2. The van der Waals surface area contributed by atoms with Gasteiger partial charge in [-0.2, -0.15) is 0 Å². The van der Waals surface area contributed by atoms with Crippen LogP contribution >= 0.6 is 0 Å². The molecule has 0 aromatic rings. The number of hydrogen-bond acceptors (Lipinski definition) is 3. The highest BCUT2D eigenvalue weighted by Gasteiger charge is 2.35. The van der Waals surface area contributed by atoms with Gasteiger partial charge >= 0.3 is 6.09 Å². The van der Waals surface area contributed by atoms with Gasteiger partial charge in [0.2, 0.25) is 0 Å². The van der Waals surface area contributed by atoms with Crippen LogP contribution in [0.1, 0.15) is 52.9 Å². The maximum atomic E-state index is 12.3. The van der Waals surface area contributed by atoms with Crippen molar-refractivity contribution in [2.24, 2.45) is 17.8 Å². The van der Waals surface area contributed by atoms with Crippen molar-refractivity contribution in [3.8, 4) is 0 Å². The van der Waals surface area contributed by atoms with Gasteiger partial charge in [-0.3, -0.25) is 0 Å². The summed E-state index contributed by atoms with van der Waals surface area (Å²) in [5.74, 6) is 2.42. The predicted octanol–water partition coefficient (Wildman–Crippen LogP) is 3.58. The fourth-order valence-electron chi connectivity index (χ4n) is 4.25. The van der Waals surface area contributed by atoms with E-state index < -0.39 is 5.60 Å². The number of allylic oxidation sites excluding steroid dienone is 2. The smallest absolute Gasteiger partial charge is 0.410 e.